The summed E-state index contributed by atoms with van der Waals surface area (Å²) in [5.41, 5.74) is 5.43. The molecule has 0 spiro atoms. The lowest BCUT2D eigenvalue weighted by Gasteiger charge is -2.46. The molecule has 2 aliphatic rings. The Labute approximate surface area is 128 Å². The average Bonchev–Trinajstić information content (AvgIpc) is 2.90. The number of thiazole rings is 1. The lowest BCUT2D eigenvalue weighted by molar-refractivity contribution is -0.143. The molecule has 2 unspecified atom stereocenters. The van der Waals surface area contributed by atoms with Crippen molar-refractivity contribution in [2.24, 2.45) is 5.16 Å². The third-order valence-corrected chi connectivity index (χ3v) is 4.70. The highest BCUT2D eigenvalue weighted by molar-refractivity contribution is 8.00. The molecular formula is C11H11N5O3S2. The summed E-state index contributed by atoms with van der Waals surface area (Å²) in [6.07, 6.45) is 4.62. The van der Waals surface area contributed by atoms with Crippen LogP contribution in [0.4, 0.5) is 5.13 Å². The Bertz CT molecular complexity index is 629. The minimum atomic E-state index is -0.520. The zero-order chi connectivity index (χ0) is 14.8. The fourth-order valence-electron chi connectivity index (χ4n) is 1.90. The number of β-lactam (4-membered cyclic amide) rings is 1. The predicted octanol–water partition coefficient (Wildman–Crippen LogP) is 0.00350. The number of anilines is 1. The number of carbonyl (C=O) groups excluding carboxylic acids is 2. The summed E-state index contributed by atoms with van der Waals surface area (Å²) in [4.78, 5) is 33.8. The molecule has 0 aromatic carbocycles. The van der Waals surface area contributed by atoms with Crippen molar-refractivity contribution in [2.75, 3.05) is 11.5 Å². The maximum atomic E-state index is 11.8. The van der Waals surface area contributed by atoms with Crippen LogP contribution in [-0.2, 0) is 9.59 Å². The first-order chi connectivity index (χ1) is 10.1. The molecule has 0 bridgehead atoms. The van der Waals surface area contributed by atoms with Crippen molar-refractivity contribution in [3.63, 3.8) is 0 Å². The molecule has 2 aliphatic heterocycles. The van der Waals surface area contributed by atoms with Gasteiger partial charge in [-0.15, -0.1) is 23.1 Å². The molecule has 8 nitrogen and oxygen atoms in total. The molecule has 3 N–H and O–H groups in total. The van der Waals surface area contributed by atoms with E-state index in [9.17, 15) is 9.59 Å². The molecule has 0 saturated carbocycles. The maximum Gasteiger partial charge on any atom is 0.266 e. The van der Waals surface area contributed by atoms with E-state index < -0.39 is 11.9 Å². The zero-order valence-corrected chi connectivity index (χ0v) is 12.3. The molecule has 1 aromatic rings. The van der Waals surface area contributed by atoms with Crippen LogP contribution in [0.1, 0.15) is 0 Å². The molecule has 3 rings (SSSR count). The molecule has 21 heavy (non-hydrogen) atoms. The second-order valence-corrected chi connectivity index (χ2v) is 6.23. The van der Waals surface area contributed by atoms with E-state index in [1.165, 1.54) is 11.3 Å². The van der Waals surface area contributed by atoms with E-state index >= 15 is 0 Å². The van der Waals surface area contributed by atoms with Crippen molar-refractivity contribution in [1.82, 2.24) is 15.2 Å². The van der Waals surface area contributed by atoms with Gasteiger partial charge in [-0.1, -0.05) is 11.2 Å². The molecule has 1 saturated heterocycles. The third-order valence-electron chi connectivity index (χ3n) is 2.82. The molecule has 1 aromatic heterocycles. The average molecular weight is 325 g/mol. The van der Waals surface area contributed by atoms with Crippen molar-refractivity contribution in [1.29, 1.82) is 0 Å². The standard InChI is InChI=1S/C11H11N5O3S2/c12-11-15-7(5-21-11)19-13-4-6(17)14-8-9(18)16-2-1-3-20-10(8)16/h1-2,4-5,8,10H,3H2,(H2,12,15)(H,14,17)/b13-4+. The summed E-state index contributed by atoms with van der Waals surface area (Å²) >= 11 is 2.80. The van der Waals surface area contributed by atoms with Crippen LogP contribution >= 0.6 is 23.1 Å². The number of oxime groups is 1. The first-order valence-corrected chi connectivity index (χ1v) is 7.90. The van der Waals surface area contributed by atoms with E-state index in [4.69, 9.17) is 10.6 Å². The predicted molar refractivity (Wildman–Crippen MR) is 79.8 cm³/mol. The van der Waals surface area contributed by atoms with Gasteiger partial charge in [0.25, 0.3) is 17.7 Å². The summed E-state index contributed by atoms with van der Waals surface area (Å²) in [6.45, 7) is 0. The number of nitrogens with one attached hydrogen (secondary N) is 1. The van der Waals surface area contributed by atoms with E-state index in [1.807, 2.05) is 6.08 Å². The molecule has 3 heterocycles. The summed E-state index contributed by atoms with van der Waals surface area (Å²) in [5.74, 6) is 0.425. The molecule has 2 amide bonds. The van der Waals surface area contributed by atoms with Crippen LogP contribution in [0.5, 0.6) is 5.88 Å². The fourth-order valence-corrected chi connectivity index (χ4v) is 3.46. The number of fused-ring (bicyclic) bond motifs is 1. The highest BCUT2D eigenvalue weighted by Gasteiger charge is 2.48. The normalized spacial score (nSPS) is 23.8. The van der Waals surface area contributed by atoms with Crippen LogP contribution in [0.3, 0.4) is 0 Å². The molecule has 0 aliphatic carbocycles. The summed E-state index contributed by atoms with van der Waals surface area (Å²) in [5, 5.41) is 7.99. The Morgan fingerprint density at radius 2 is 2.52 bits per heavy atom. The van der Waals surface area contributed by atoms with Crippen LogP contribution in [0.2, 0.25) is 0 Å². The Kier molecular flexibility index (Phi) is 3.80. The SMILES string of the molecule is Nc1nc(O/N=C/C(=O)NC2C(=O)N3C=CCSC23)cs1. The van der Waals surface area contributed by atoms with Crippen LogP contribution in [0, 0.1) is 0 Å². The number of thioether (sulfide) groups is 1. The summed E-state index contributed by atoms with van der Waals surface area (Å²) in [7, 11) is 0. The van der Waals surface area contributed by atoms with Crippen molar-refractivity contribution in [2.45, 2.75) is 11.4 Å². The van der Waals surface area contributed by atoms with Gasteiger partial charge in [-0.05, 0) is 0 Å². The molecule has 110 valence electrons. The highest BCUT2D eigenvalue weighted by Crippen LogP contribution is 2.33. The Morgan fingerprint density at radius 3 is 3.29 bits per heavy atom. The van der Waals surface area contributed by atoms with Gasteiger partial charge in [0.15, 0.2) is 5.13 Å². The van der Waals surface area contributed by atoms with Gasteiger partial charge in [-0.25, -0.2) is 0 Å². The van der Waals surface area contributed by atoms with Crippen LogP contribution in [0.15, 0.2) is 22.8 Å². The van der Waals surface area contributed by atoms with Crippen molar-refractivity contribution < 1.29 is 14.4 Å². The summed E-state index contributed by atoms with van der Waals surface area (Å²) in [6, 6.07) is -0.520. The largest absolute Gasteiger partial charge is 0.375 e. The van der Waals surface area contributed by atoms with E-state index in [0.717, 1.165) is 12.0 Å². The van der Waals surface area contributed by atoms with Crippen molar-refractivity contribution in [3.05, 3.63) is 17.7 Å². The van der Waals surface area contributed by atoms with Gasteiger partial charge >= 0.3 is 0 Å². The molecule has 2 atom stereocenters. The lowest BCUT2D eigenvalue weighted by Crippen LogP contribution is -2.68. The Hall–Kier alpha value is -2.07. The number of hydrogen-bond acceptors (Lipinski definition) is 8. The van der Waals surface area contributed by atoms with Gasteiger partial charge in [0.2, 0.25) is 0 Å². The van der Waals surface area contributed by atoms with Crippen molar-refractivity contribution >= 4 is 46.3 Å². The van der Waals surface area contributed by atoms with Gasteiger partial charge in [0, 0.05) is 12.0 Å². The monoisotopic (exact) mass is 325 g/mol. The minimum absolute atomic E-state index is 0.0425. The maximum absolute atomic E-state index is 11.8. The van der Waals surface area contributed by atoms with Crippen molar-refractivity contribution in [3.8, 4) is 5.88 Å². The number of nitrogen functional groups attached to an aromatic ring is 1. The minimum Gasteiger partial charge on any atom is -0.375 e. The molecular weight excluding hydrogens is 314 g/mol. The number of carbonyl (C=O) groups is 2. The van der Waals surface area contributed by atoms with Crippen LogP contribution in [-0.4, -0.2) is 45.1 Å². The van der Waals surface area contributed by atoms with Crippen LogP contribution in [0.25, 0.3) is 0 Å². The Balaban J connectivity index is 1.50. The number of rotatable bonds is 4. The Morgan fingerprint density at radius 1 is 1.67 bits per heavy atom. The van der Waals surface area contributed by atoms with Gasteiger partial charge in [-0.3, -0.25) is 9.59 Å². The second kappa shape index (κ2) is 5.74. The number of hydrogen-bond donors (Lipinski definition) is 2. The van der Waals surface area contributed by atoms with E-state index in [0.29, 0.717) is 5.13 Å². The zero-order valence-electron chi connectivity index (χ0n) is 10.6. The van der Waals surface area contributed by atoms with Gasteiger partial charge in [0.05, 0.1) is 5.38 Å². The first kappa shape index (κ1) is 13.9. The van der Waals surface area contributed by atoms with Gasteiger partial charge in [-0.2, -0.15) is 4.98 Å². The highest BCUT2D eigenvalue weighted by atomic mass is 32.2. The second-order valence-electron chi connectivity index (χ2n) is 4.19. The number of aromatic nitrogens is 1. The van der Waals surface area contributed by atoms with E-state index in [-0.39, 0.29) is 17.2 Å². The van der Waals surface area contributed by atoms with E-state index in [1.54, 1.807) is 28.2 Å². The summed E-state index contributed by atoms with van der Waals surface area (Å²) < 4.78 is 0. The van der Waals surface area contributed by atoms with Gasteiger partial charge in [0.1, 0.15) is 17.6 Å². The third kappa shape index (κ3) is 2.85. The molecule has 1 fully saturated rings. The first-order valence-electron chi connectivity index (χ1n) is 5.97. The topological polar surface area (TPSA) is 110 Å². The lowest BCUT2D eigenvalue weighted by atomic mass is 10.1. The molecule has 10 heteroatoms. The fraction of sp³-hybridized carbons (Fsp3) is 0.273. The number of nitrogens with two attached hydrogens (primary N) is 1. The number of nitrogens with zero attached hydrogens (tertiary/aromatic N) is 3. The van der Waals surface area contributed by atoms with Gasteiger partial charge < -0.3 is 20.8 Å². The number of amides is 2. The molecule has 0 radical (unpaired) electrons. The smallest absolute Gasteiger partial charge is 0.266 e. The van der Waals surface area contributed by atoms with E-state index in [2.05, 4.69) is 15.5 Å². The van der Waals surface area contributed by atoms with Crippen LogP contribution < -0.4 is 15.9 Å². The quantitative estimate of drug-likeness (QED) is 0.458.